The number of amides is 2. The van der Waals surface area contributed by atoms with Gasteiger partial charge in [0.2, 0.25) is 16.9 Å². The molecule has 192 valence electrons. The van der Waals surface area contributed by atoms with Crippen LogP contribution < -0.4 is 22.1 Å². The minimum absolute atomic E-state index is 0.110. The van der Waals surface area contributed by atoms with E-state index in [-0.39, 0.29) is 17.6 Å². The number of nitrogens with two attached hydrogens (primary N) is 2. The molecule has 1 aromatic heterocycles. The van der Waals surface area contributed by atoms with Gasteiger partial charge in [-0.2, -0.15) is 0 Å². The first-order valence-electron chi connectivity index (χ1n) is 12.1. The average Bonchev–Trinajstić information content (AvgIpc) is 3.30. The van der Waals surface area contributed by atoms with Crippen molar-refractivity contribution >= 4 is 28.3 Å². The smallest absolute Gasteiger partial charge is 0.230 e. The van der Waals surface area contributed by atoms with E-state index in [0.29, 0.717) is 30.1 Å². The monoisotopic (exact) mass is 508 g/mol. The molecule has 0 saturated carbocycles. The Morgan fingerprint density at radius 1 is 1.03 bits per heavy atom. The van der Waals surface area contributed by atoms with E-state index in [1.807, 2.05) is 62.4 Å². The molecule has 1 heterocycles. The molecule has 0 saturated heterocycles. The highest BCUT2D eigenvalue weighted by Crippen LogP contribution is 2.18. The zero-order valence-corrected chi connectivity index (χ0v) is 21.8. The molecule has 36 heavy (non-hydrogen) atoms. The highest BCUT2D eigenvalue weighted by Gasteiger charge is 2.09. The molecule has 0 spiro atoms. The molecular weight excluding hydrogens is 472 g/mol. The molecule has 2 aromatic rings. The predicted molar refractivity (Wildman–Crippen MR) is 147 cm³/mol. The second-order valence-corrected chi connectivity index (χ2v) is 9.27. The van der Waals surface area contributed by atoms with E-state index in [4.69, 9.17) is 11.5 Å². The summed E-state index contributed by atoms with van der Waals surface area (Å²) in [5.41, 5.74) is 14.6. The van der Waals surface area contributed by atoms with Gasteiger partial charge in [0.1, 0.15) is 10.8 Å². The van der Waals surface area contributed by atoms with Gasteiger partial charge in [0.05, 0.1) is 6.42 Å². The third-order valence-corrected chi connectivity index (χ3v) is 6.05. The molecule has 0 fully saturated rings. The number of aryl methyl sites for hydroxylation is 1. The largest absolute Gasteiger partial charge is 0.402 e. The summed E-state index contributed by atoms with van der Waals surface area (Å²) in [7, 11) is 0. The van der Waals surface area contributed by atoms with E-state index in [0.717, 1.165) is 41.8 Å². The lowest BCUT2D eigenvalue weighted by atomic mass is 10.1. The van der Waals surface area contributed by atoms with Crippen molar-refractivity contribution in [3.05, 3.63) is 88.4 Å². The summed E-state index contributed by atoms with van der Waals surface area (Å²) < 4.78 is 0. The number of rotatable bonds is 14. The van der Waals surface area contributed by atoms with E-state index >= 15 is 0 Å². The van der Waals surface area contributed by atoms with Crippen LogP contribution in [0.1, 0.15) is 56.5 Å². The lowest BCUT2D eigenvalue weighted by molar-refractivity contribution is -0.119. The van der Waals surface area contributed by atoms with Crippen LogP contribution in [0.4, 0.5) is 5.13 Å². The quantitative estimate of drug-likeness (QED) is 0.219. The van der Waals surface area contributed by atoms with Crippen LogP contribution in [0.2, 0.25) is 0 Å². The van der Waals surface area contributed by atoms with Gasteiger partial charge in [0.15, 0.2) is 0 Å². The summed E-state index contributed by atoms with van der Waals surface area (Å²) in [5, 5.41) is 15.1. The molecule has 8 nitrogen and oxygen atoms in total. The van der Waals surface area contributed by atoms with Gasteiger partial charge >= 0.3 is 0 Å². The zero-order valence-electron chi connectivity index (χ0n) is 21.0. The Bertz CT molecular complexity index is 1100. The van der Waals surface area contributed by atoms with Crippen molar-refractivity contribution in [1.82, 2.24) is 15.5 Å². The van der Waals surface area contributed by atoms with Crippen LogP contribution >= 0.6 is 11.3 Å². The Morgan fingerprint density at radius 3 is 2.53 bits per heavy atom. The number of nitrogens with zero attached hydrogens (tertiary/aromatic N) is 2. The maximum atomic E-state index is 12.2. The van der Waals surface area contributed by atoms with Gasteiger partial charge in [-0.3, -0.25) is 9.59 Å². The summed E-state index contributed by atoms with van der Waals surface area (Å²) in [4.78, 5) is 24.3. The summed E-state index contributed by atoms with van der Waals surface area (Å²) >= 11 is 1.39. The van der Waals surface area contributed by atoms with E-state index in [1.165, 1.54) is 11.3 Å². The number of hydrogen-bond acceptors (Lipinski definition) is 7. The summed E-state index contributed by atoms with van der Waals surface area (Å²) in [6, 6.07) is 9.57. The van der Waals surface area contributed by atoms with Gasteiger partial charge in [-0.25, -0.2) is 0 Å². The van der Waals surface area contributed by atoms with Crippen LogP contribution in [-0.2, 0) is 22.4 Å². The molecule has 6 N–H and O–H groups in total. The summed E-state index contributed by atoms with van der Waals surface area (Å²) in [6.45, 7) is 3.95. The van der Waals surface area contributed by atoms with Gasteiger partial charge in [0.25, 0.3) is 0 Å². The minimum Gasteiger partial charge on any atom is -0.402 e. The Hall–Kier alpha value is -3.72. The third-order valence-electron chi connectivity index (χ3n) is 5.15. The Kier molecular flexibility index (Phi) is 12.7. The number of aromatic nitrogens is 2. The van der Waals surface area contributed by atoms with Crippen molar-refractivity contribution in [3.63, 3.8) is 0 Å². The number of nitrogens with one attached hydrogen (secondary N) is 2. The molecule has 2 amide bonds. The normalized spacial score (nSPS) is 12.7. The first-order chi connectivity index (χ1) is 17.4. The van der Waals surface area contributed by atoms with Crippen molar-refractivity contribution in [2.45, 2.75) is 58.8 Å². The molecule has 0 radical (unpaired) electrons. The van der Waals surface area contributed by atoms with E-state index in [2.05, 4.69) is 20.8 Å². The highest BCUT2D eigenvalue weighted by molar-refractivity contribution is 7.15. The van der Waals surface area contributed by atoms with Gasteiger partial charge in [0, 0.05) is 18.5 Å². The van der Waals surface area contributed by atoms with Crippen molar-refractivity contribution in [3.8, 4) is 0 Å². The number of allylic oxidation sites excluding steroid dienone is 6. The molecule has 0 unspecified atom stereocenters. The molecule has 0 atom stereocenters. The predicted octanol–water partition coefficient (Wildman–Crippen LogP) is 4.49. The van der Waals surface area contributed by atoms with E-state index in [1.54, 1.807) is 12.2 Å². The van der Waals surface area contributed by atoms with Crippen LogP contribution in [0.5, 0.6) is 0 Å². The van der Waals surface area contributed by atoms with Crippen LogP contribution in [0.15, 0.2) is 77.8 Å². The fourth-order valence-corrected chi connectivity index (χ4v) is 4.02. The first-order valence-corrected chi connectivity index (χ1v) is 12.9. The Morgan fingerprint density at radius 2 is 1.81 bits per heavy atom. The second-order valence-electron chi connectivity index (χ2n) is 8.21. The Labute approximate surface area is 217 Å². The maximum absolute atomic E-state index is 12.2. The first kappa shape index (κ1) is 28.5. The van der Waals surface area contributed by atoms with Crippen molar-refractivity contribution in [2.24, 2.45) is 11.5 Å². The molecule has 9 heteroatoms. The van der Waals surface area contributed by atoms with Crippen molar-refractivity contribution < 1.29 is 9.59 Å². The van der Waals surface area contributed by atoms with Gasteiger partial charge in [-0.1, -0.05) is 72.4 Å². The number of hydrogen-bond donors (Lipinski definition) is 4. The molecule has 2 rings (SSSR count). The Balaban J connectivity index is 1.69. The van der Waals surface area contributed by atoms with Crippen LogP contribution in [0, 0.1) is 0 Å². The summed E-state index contributed by atoms with van der Waals surface area (Å²) in [5.74, 6) is 0.00221. The molecule has 0 aliphatic carbocycles. The lowest BCUT2D eigenvalue weighted by Crippen LogP contribution is -2.27. The topological polar surface area (TPSA) is 136 Å². The fourth-order valence-electron chi connectivity index (χ4n) is 3.22. The standard InChI is InChI=1S/C27H36N6O2S/c1-3-5-11-20(4-2)18-24(34)30-23(29)17-16-22(28)14-9-10-15-26-32-33-27(36-26)31-25(35)19-21-12-7-6-8-13-21/h3,5-8,11-13,16-17H,4,9-10,14-15,18-19,28-29H2,1-2H3,(H,30,34)(H,31,33,35)/b5-3-,20-11+,22-16-,23-17+. The third kappa shape index (κ3) is 11.6. The molecule has 0 bridgehead atoms. The number of carbonyl (C=O) groups is 2. The summed E-state index contributed by atoms with van der Waals surface area (Å²) in [6.07, 6.45) is 13.7. The highest BCUT2D eigenvalue weighted by atomic mass is 32.1. The average molecular weight is 509 g/mol. The van der Waals surface area contributed by atoms with Gasteiger partial charge < -0.3 is 22.1 Å². The van der Waals surface area contributed by atoms with Crippen LogP contribution in [0.25, 0.3) is 0 Å². The van der Waals surface area contributed by atoms with Crippen molar-refractivity contribution in [1.29, 1.82) is 0 Å². The maximum Gasteiger partial charge on any atom is 0.230 e. The molecular formula is C27H36N6O2S. The molecule has 0 aliphatic heterocycles. The zero-order chi connectivity index (χ0) is 26.2. The van der Waals surface area contributed by atoms with E-state index in [9.17, 15) is 9.59 Å². The van der Waals surface area contributed by atoms with Crippen molar-refractivity contribution in [2.75, 3.05) is 5.32 Å². The van der Waals surface area contributed by atoms with Gasteiger partial charge in [-0.15, -0.1) is 10.2 Å². The number of benzene rings is 1. The number of unbranched alkanes of at least 4 members (excludes halogenated alkanes) is 1. The van der Waals surface area contributed by atoms with Gasteiger partial charge in [-0.05, 0) is 50.3 Å². The number of anilines is 1. The van der Waals surface area contributed by atoms with Crippen LogP contribution in [-0.4, -0.2) is 22.0 Å². The SMILES string of the molecule is C/C=C\C=C(/CC)CC(=O)N/C(N)=C/C=C(\N)CCCCc1nnc(NC(=O)Cc2ccccc2)s1. The number of carbonyl (C=O) groups excluding carboxylic acids is 2. The second kappa shape index (κ2) is 16.0. The lowest BCUT2D eigenvalue weighted by Gasteiger charge is -2.06. The van der Waals surface area contributed by atoms with E-state index < -0.39 is 0 Å². The fraction of sp³-hybridized carbons (Fsp3) is 0.333. The minimum atomic E-state index is -0.152. The van der Waals surface area contributed by atoms with Crippen LogP contribution in [0.3, 0.4) is 0 Å². The molecule has 0 aliphatic rings. The molecule has 1 aromatic carbocycles.